The average molecular weight is 315 g/mol. The van der Waals surface area contributed by atoms with Crippen LogP contribution in [0.5, 0.6) is 5.75 Å². The van der Waals surface area contributed by atoms with E-state index in [2.05, 4.69) is 10.1 Å². The molecule has 1 aromatic carbocycles. The van der Waals surface area contributed by atoms with Crippen LogP contribution >= 0.6 is 0 Å². The molecule has 6 nitrogen and oxygen atoms in total. The third kappa shape index (κ3) is 4.88. The lowest BCUT2D eigenvalue weighted by molar-refractivity contribution is 0.103. The van der Waals surface area contributed by atoms with Gasteiger partial charge in [-0.05, 0) is 31.5 Å². The fraction of sp³-hybridized carbons (Fsp3) is 0.294. The summed E-state index contributed by atoms with van der Waals surface area (Å²) in [5, 5.41) is 13.8. The highest BCUT2D eigenvalue weighted by atomic mass is 16.6. The summed E-state index contributed by atoms with van der Waals surface area (Å²) < 4.78 is 11.9. The molecule has 6 heteroatoms. The van der Waals surface area contributed by atoms with E-state index in [9.17, 15) is 5.11 Å². The van der Waals surface area contributed by atoms with Gasteiger partial charge in [0, 0.05) is 17.9 Å². The van der Waals surface area contributed by atoms with Crippen molar-refractivity contribution < 1.29 is 14.6 Å². The summed E-state index contributed by atoms with van der Waals surface area (Å²) in [5.41, 5.74) is 1.73. The number of allylic oxidation sites excluding steroid dienone is 1. The zero-order chi connectivity index (χ0) is 16.7. The zero-order valence-corrected chi connectivity index (χ0v) is 13.6. The predicted molar refractivity (Wildman–Crippen MR) is 89.4 cm³/mol. The van der Waals surface area contributed by atoms with Crippen molar-refractivity contribution in [2.45, 2.75) is 20.4 Å². The van der Waals surface area contributed by atoms with Crippen molar-refractivity contribution in [3.8, 4) is 5.75 Å². The van der Waals surface area contributed by atoms with Gasteiger partial charge in [0.2, 0.25) is 0 Å². The SMILES string of the molecule is CCO/C(O)=C/C(C)=N/c1ccnn1Cc1ccc(OC)cc1. The molecule has 122 valence electrons. The minimum atomic E-state index is -0.144. The molecule has 0 unspecified atom stereocenters. The highest BCUT2D eigenvalue weighted by molar-refractivity contribution is 5.94. The topological polar surface area (TPSA) is 68.9 Å². The summed E-state index contributed by atoms with van der Waals surface area (Å²) in [6.07, 6.45) is 3.18. The van der Waals surface area contributed by atoms with E-state index in [1.54, 1.807) is 31.8 Å². The van der Waals surface area contributed by atoms with Gasteiger partial charge in [0.05, 0.1) is 26.5 Å². The van der Waals surface area contributed by atoms with Crippen molar-refractivity contribution in [3.63, 3.8) is 0 Å². The molecule has 0 aliphatic rings. The maximum Gasteiger partial charge on any atom is 0.278 e. The molecule has 2 rings (SSSR count). The summed E-state index contributed by atoms with van der Waals surface area (Å²) in [4.78, 5) is 4.45. The number of aliphatic hydroxyl groups excluding tert-OH is 1. The van der Waals surface area contributed by atoms with Crippen LogP contribution < -0.4 is 4.74 Å². The molecule has 0 radical (unpaired) electrons. The van der Waals surface area contributed by atoms with Crippen molar-refractivity contribution in [2.24, 2.45) is 4.99 Å². The Balaban J connectivity index is 2.13. The average Bonchev–Trinajstić information content (AvgIpc) is 2.95. The summed E-state index contributed by atoms with van der Waals surface area (Å²) in [6, 6.07) is 9.62. The van der Waals surface area contributed by atoms with Gasteiger partial charge in [-0.3, -0.25) is 0 Å². The van der Waals surface area contributed by atoms with Gasteiger partial charge in [0.15, 0.2) is 5.82 Å². The van der Waals surface area contributed by atoms with Crippen molar-refractivity contribution in [2.75, 3.05) is 13.7 Å². The van der Waals surface area contributed by atoms with Crippen LogP contribution in [0, 0.1) is 0 Å². The lowest BCUT2D eigenvalue weighted by atomic mass is 10.2. The lowest BCUT2D eigenvalue weighted by Crippen LogP contribution is -2.02. The van der Waals surface area contributed by atoms with Crippen LogP contribution in [0.3, 0.4) is 0 Å². The molecule has 0 atom stereocenters. The molecule has 0 saturated carbocycles. The molecule has 1 aromatic heterocycles. The molecular weight excluding hydrogens is 294 g/mol. The zero-order valence-electron chi connectivity index (χ0n) is 13.6. The number of ether oxygens (including phenoxy) is 2. The van der Waals surface area contributed by atoms with Crippen LogP contribution in [0.15, 0.2) is 53.5 Å². The molecule has 23 heavy (non-hydrogen) atoms. The van der Waals surface area contributed by atoms with E-state index in [4.69, 9.17) is 9.47 Å². The largest absolute Gasteiger partial charge is 0.497 e. The van der Waals surface area contributed by atoms with Crippen LogP contribution in [0.25, 0.3) is 0 Å². The fourth-order valence-corrected chi connectivity index (χ4v) is 2.03. The fourth-order valence-electron chi connectivity index (χ4n) is 2.03. The number of hydrogen-bond acceptors (Lipinski definition) is 5. The predicted octanol–water partition coefficient (Wildman–Crippen LogP) is 3.47. The Morgan fingerprint density at radius 1 is 1.30 bits per heavy atom. The van der Waals surface area contributed by atoms with Gasteiger partial charge in [0.1, 0.15) is 5.75 Å². The first-order valence-corrected chi connectivity index (χ1v) is 7.36. The molecule has 0 saturated heterocycles. The quantitative estimate of drug-likeness (QED) is 0.627. The van der Waals surface area contributed by atoms with Crippen molar-refractivity contribution in [1.82, 2.24) is 9.78 Å². The number of rotatable bonds is 7. The first-order chi connectivity index (χ1) is 11.1. The number of aliphatic imine (C=N–C) groups is 1. The number of aliphatic hydroxyl groups is 1. The molecule has 2 aromatic rings. The third-order valence-electron chi connectivity index (χ3n) is 3.10. The van der Waals surface area contributed by atoms with E-state index in [1.807, 2.05) is 30.3 Å². The van der Waals surface area contributed by atoms with Crippen LogP contribution in [0.1, 0.15) is 19.4 Å². The standard InChI is InChI=1S/C17H21N3O3/c1-4-23-17(21)11-13(2)19-16-9-10-18-20(16)12-14-5-7-15(22-3)8-6-14/h5-11,21H,4,12H2,1-3H3/b17-11+,19-13+. The number of nitrogens with zero attached hydrogens (tertiary/aromatic N) is 3. The molecule has 1 heterocycles. The Bertz CT molecular complexity index is 687. The summed E-state index contributed by atoms with van der Waals surface area (Å²) in [5.74, 6) is 1.38. The highest BCUT2D eigenvalue weighted by Crippen LogP contribution is 2.16. The Kier molecular flexibility index (Phi) is 5.80. The Hall–Kier alpha value is -2.76. The van der Waals surface area contributed by atoms with E-state index in [-0.39, 0.29) is 5.95 Å². The molecule has 0 spiro atoms. The number of methoxy groups -OCH3 is 1. The second-order valence-electron chi connectivity index (χ2n) is 4.86. The van der Waals surface area contributed by atoms with Crippen LogP contribution in [0.2, 0.25) is 0 Å². The second-order valence-corrected chi connectivity index (χ2v) is 4.86. The van der Waals surface area contributed by atoms with Gasteiger partial charge in [-0.1, -0.05) is 12.1 Å². The second kappa shape index (κ2) is 8.03. The first kappa shape index (κ1) is 16.6. The van der Waals surface area contributed by atoms with E-state index in [1.165, 1.54) is 6.08 Å². The van der Waals surface area contributed by atoms with Gasteiger partial charge in [0.25, 0.3) is 5.95 Å². The van der Waals surface area contributed by atoms with Crippen LogP contribution in [-0.4, -0.2) is 34.3 Å². The first-order valence-electron chi connectivity index (χ1n) is 7.36. The number of aromatic nitrogens is 2. The van der Waals surface area contributed by atoms with Crippen LogP contribution in [0.4, 0.5) is 5.82 Å². The summed E-state index contributed by atoms with van der Waals surface area (Å²) in [6.45, 7) is 4.61. The van der Waals surface area contributed by atoms with Crippen molar-refractivity contribution in [3.05, 3.63) is 54.1 Å². The molecule has 0 aliphatic carbocycles. The number of hydrogen-bond donors (Lipinski definition) is 1. The Morgan fingerprint density at radius 3 is 2.70 bits per heavy atom. The summed E-state index contributed by atoms with van der Waals surface area (Å²) >= 11 is 0. The van der Waals surface area contributed by atoms with Gasteiger partial charge >= 0.3 is 0 Å². The van der Waals surface area contributed by atoms with Gasteiger partial charge in [-0.15, -0.1) is 0 Å². The Morgan fingerprint density at radius 2 is 2.04 bits per heavy atom. The maximum atomic E-state index is 9.53. The van der Waals surface area contributed by atoms with Crippen molar-refractivity contribution >= 4 is 11.5 Å². The minimum Gasteiger partial charge on any atom is -0.497 e. The Labute approximate surface area is 135 Å². The minimum absolute atomic E-state index is 0.144. The van der Waals surface area contributed by atoms with Gasteiger partial charge in [-0.2, -0.15) is 5.10 Å². The molecular formula is C17H21N3O3. The maximum absolute atomic E-state index is 9.53. The highest BCUT2D eigenvalue weighted by Gasteiger charge is 2.04. The lowest BCUT2D eigenvalue weighted by Gasteiger charge is -2.06. The molecule has 1 N–H and O–H groups in total. The smallest absolute Gasteiger partial charge is 0.278 e. The van der Waals surface area contributed by atoms with Crippen molar-refractivity contribution in [1.29, 1.82) is 0 Å². The van der Waals surface area contributed by atoms with E-state index < -0.39 is 0 Å². The monoisotopic (exact) mass is 315 g/mol. The molecule has 0 aliphatic heterocycles. The molecule has 0 bridgehead atoms. The van der Waals surface area contributed by atoms with Crippen LogP contribution in [-0.2, 0) is 11.3 Å². The van der Waals surface area contributed by atoms with Gasteiger partial charge < -0.3 is 14.6 Å². The normalized spacial score (nSPS) is 12.3. The van der Waals surface area contributed by atoms with E-state index >= 15 is 0 Å². The van der Waals surface area contributed by atoms with E-state index in [0.717, 1.165) is 11.3 Å². The molecule has 0 amide bonds. The number of benzene rings is 1. The molecule has 0 fully saturated rings. The third-order valence-corrected chi connectivity index (χ3v) is 3.10. The summed E-state index contributed by atoms with van der Waals surface area (Å²) in [7, 11) is 1.64. The van der Waals surface area contributed by atoms with E-state index in [0.29, 0.717) is 24.7 Å². The van der Waals surface area contributed by atoms with Gasteiger partial charge in [-0.25, -0.2) is 9.67 Å².